The Balaban J connectivity index is 1.40. The van der Waals surface area contributed by atoms with Crippen molar-refractivity contribution in [2.75, 3.05) is 30.9 Å². The molecule has 0 bridgehead atoms. The minimum atomic E-state index is -0.576. The van der Waals surface area contributed by atoms with Gasteiger partial charge in [-0.3, -0.25) is 9.69 Å². The molecule has 0 aliphatic carbocycles. The smallest absolute Gasteiger partial charge is 0.410 e. The van der Waals surface area contributed by atoms with Crippen LogP contribution in [0.25, 0.3) is 22.2 Å². The van der Waals surface area contributed by atoms with Gasteiger partial charge in [0.15, 0.2) is 12.3 Å². The van der Waals surface area contributed by atoms with Crippen LogP contribution in [0.2, 0.25) is 5.02 Å². The molecule has 1 saturated heterocycles. The summed E-state index contributed by atoms with van der Waals surface area (Å²) in [5, 5.41) is 16.6. The number of piperidine rings is 1. The van der Waals surface area contributed by atoms with E-state index < -0.39 is 5.60 Å². The van der Waals surface area contributed by atoms with E-state index >= 15 is 0 Å². The predicted molar refractivity (Wildman–Crippen MR) is 189 cm³/mol. The Bertz CT molecular complexity index is 1940. The monoisotopic (exact) mass is 702 g/mol. The van der Waals surface area contributed by atoms with Crippen molar-refractivity contribution in [3.8, 4) is 22.9 Å². The van der Waals surface area contributed by atoms with Gasteiger partial charge in [-0.15, -0.1) is 0 Å². The van der Waals surface area contributed by atoms with Crippen molar-refractivity contribution in [2.45, 2.75) is 70.9 Å². The fourth-order valence-electron chi connectivity index (χ4n) is 6.31. The van der Waals surface area contributed by atoms with Crippen molar-refractivity contribution >= 4 is 52.1 Å². The summed E-state index contributed by atoms with van der Waals surface area (Å²) in [6, 6.07) is 8.00. The predicted octanol–water partition coefficient (Wildman–Crippen LogP) is 6.45. The van der Waals surface area contributed by atoms with Gasteiger partial charge in [0.1, 0.15) is 23.2 Å². The van der Waals surface area contributed by atoms with Crippen LogP contribution < -0.4 is 9.64 Å². The maximum Gasteiger partial charge on any atom is 0.410 e. The Kier molecular flexibility index (Phi) is 9.73. The molecule has 12 nitrogen and oxygen atoms in total. The minimum absolute atomic E-state index is 0.0344. The van der Waals surface area contributed by atoms with E-state index in [-0.39, 0.29) is 42.4 Å². The lowest BCUT2D eigenvalue weighted by Gasteiger charge is -2.38. The Morgan fingerprint density at radius 2 is 1.98 bits per heavy atom. The van der Waals surface area contributed by atoms with Gasteiger partial charge in [-0.2, -0.15) is 22.1 Å². The number of nitriles is 1. The minimum Gasteiger partial charge on any atom is -0.482 e. The Labute approximate surface area is 294 Å². The van der Waals surface area contributed by atoms with Crippen LogP contribution in [0.5, 0.6) is 5.75 Å². The molecule has 0 N–H and O–H groups in total. The highest BCUT2D eigenvalue weighted by atomic mass is 35.5. The molecule has 0 unspecified atom stereocenters. The zero-order valence-electron chi connectivity index (χ0n) is 28.4. The Morgan fingerprint density at radius 1 is 1.22 bits per heavy atom. The highest BCUT2D eigenvalue weighted by molar-refractivity contribution is 7.99. The number of anilines is 1. The van der Waals surface area contributed by atoms with Crippen LogP contribution in [0, 0.1) is 17.2 Å². The molecule has 2 aliphatic rings. The number of rotatable bonds is 7. The van der Waals surface area contributed by atoms with Crippen LogP contribution in [-0.2, 0) is 22.5 Å². The van der Waals surface area contributed by atoms with E-state index in [0.29, 0.717) is 65.1 Å². The van der Waals surface area contributed by atoms with Crippen molar-refractivity contribution in [1.29, 1.82) is 5.26 Å². The molecule has 1 fully saturated rings. The molecule has 0 radical (unpaired) electrons. The second kappa shape index (κ2) is 13.8. The number of nitrogens with zero attached hydrogens (tertiary/aromatic N) is 8. The number of aromatic nitrogens is 5. The highest BCUT2D eigenvalue weighted by Gasteiger charge is 2.36. The summed E-state index contributed by atoms with van der Waals surface area (Å²) >= 11 is 7.65. The summed E-state index contributed by atoms with van der Waals surface area (Å²) in [4.78, 5) is 42.9. The standard InChI is InChI=1S/C35H39ClN8O4S/c1-20(2)11-25-23(13-37)32(21-7-8-26-28(12-21)47-19-31(45)43(26)18-30-38-14-22(36)15-39-30)24-16-40-44(33(24)41-25)27-9-10-42(17-29(27)49-6)34(46)48-35(3,4)5/h7-8,12,14-16,20,27,29H,9-11,17-19H2,1-6H3/t27-,29-/m1/s1. The molecule has 0 spiro atoms. The van der Waals surface area contributed by atoms with E-state index in [1.807, 2.05) is 49.9 Å². The number of amides is 2. The molecule has 49 heavy (non-hydrogen) atoms. The molecule has 2 aliphatic heterocycles. The normalized spacial score (nSPS) is 18.0. The van der Waals surface area contributed by atoms with Crippen LogP contribution in [0.4, 0.5) is 10.5 Å². The number of fused-ring (bicyclic) bond motifs is 2. The molecule has 256 valence electrons. The number of hydrogen-bond acceptors (Lipinski definition) is 10. The molecule has 1 aromatic carbocycles. The number of carbonyl (C=O) groups excluding carboxylic acids is 2. The van der Waals surface area contributed by atoms with Crippen LogP contribution >= 0.6 is 23.4 Å². The van der Waals surface area contributed by atoms with Gasteiger partial charge >= 0.3 is 6.09 Å². The van der Waals surface area contributed by atoms with Gasteiger partial charge in [-0.1, -0.05) is 31.5 Å². The van der Waals surface area contributed by atoms with Crippen LogP contribution in [-0.4, -0.2) is 78.4 Å². The van der Waals surface area contributed by atoms with E-state index in [0.717, 1.165) is 16.5 Å². The van der Waals surface area contributed by atoms with Gasteiger partial charge in [0, 0.05) is 41.7 Å². The molecule has 3 aromatic heterocycles. The molecule has 14 heteroatoms. The van der Waals surface area contributed by atoms with E-state index in [1.54, 1.807) is 27.8 Å². The first-order chi connectivity index (χ1) is 23.4. The fourth-order valence-corrected chi connectivity index (χ4v) is 7.30. The third kappa shape index (κ3) is 7.16. The molecular weight excluding hydrogens is 664 g/mol. The summed E-state index contributed by atoms with van der Waals surface area (Å²) in [7, 11) is 0. The lowest BCUT2D eigenvalue weighted by molar-refractivity contribution is -0.121. The summed E-state index contributed by atoms with van der Waals surface area (Å²) in [5.41, 5.74) is 3.36. The Morgan fingerprint density at radius 3 is 2.65 bits per heavy atom. The van der Waals surface area contributed by atoms with Crippen molar-refractivity contribution in [3.63, 3.8) is 0 Å². The van der Waals surface area contributed by atoms with Crippen LogP contribution in [0.15, 0.2) is 36.8 Å². The number of thioether (sulfide) groups is 1. The van der Waals surface area contributed by atoms with E-state index in [1.165, 1.54) is 12.4 Å². The number of benzene rings is 1. The van der Waals surface area contributed by atoms with E-state index in [9.17, 15) is 14.9 Å². The summed E-state index contributed by atoms with van der Waals surface area (Å²) in [5.74, 6) is 0.987. The molecule has 6 rings (SSSR count). The summed E-state index contributed by atoms with van der Waals surface area (Å²) < 4.78 is 13.6. The summed E-state index contributed by atoms with van der Waals surface area (Å²) in [6.45, 7) is 10.9. The van der Waals surface area contributed by atoms with Gasteiger partial charge in [-0.25, -0.2) is 24.4 Å². The SMILES string of the molecule is CS[C@@H]1CN(C(=O)OC(C)(C)C)CC[C@H]1n1ncc2c(-c3ccc4c(c3)OCC(=O)N4Cc3ncc(Cl)cn3)c(C#N)c(CC(C)C)nc21. The molecule has 5 heterocycles. The molecular formula is C35H39ClN8O4S. The lowest BCUT2D eigenvalue weighted by Crippen LogP contribution is -2.47. The maximum atomic E-state index is 13.0. The van der Waals surface area contributed by atoms with Crippen LogP contribution in [0.3, 0.4) is 0 Å². The first-order valence-corrected chi connectivity index (χ1v) is 17.9. The number of hydrogen-bond donors (Lipinski definition) is 0. The number of pyridine rings is 1. The largest absolute Gasteiger partial charge is 0.482 e. The van der Waals surface area contributed by atoms with Crippen molar-refractivity contribution in [1.82, 2.24) is 29.6 Å². The Hall–Kier alpha value is -4.41. The maximum absolute atomic E-state index is 13.0. The van der Waals surface area contributed by atoms with Crippen LogP contribution in [0.1, 0.15) is 64.2 Å². The van der Waals surface area contributed by atoms with Gasteiger partial charge in [0.25, 0.3) is 5.91 Å². The van der Waals surface area contributed by atoms with Crippen molar-refractivity contribution in [3.05, 3.63) is 58.9 Å². The zero-order valence-corrected chi connectivity index (χ0v) is 30.0. The summed E-state index contributed by atoms with van der Waals surface area (Å²) in [6.07, 6.45) is 7.78. The first kappa shape index (κ1) is 34.5. The van der Waals surface area contributed by atoms with E-state index in [2.05, 4.69) is 29.9 Å². The lowest BCUT2D eigenvalue weighted by atomic mass is 9.93. The zero-order chi connectivity index (χ0) is 35.0. The van der Waals surface area contributed by atoms with Crippen molar-refractivity contribution < 1.29 is 19.1 Å². The molecule has 4 aromatic rings. The average molecular weight is 703 g/mol. The van der Waals surface area contributed by atoms with Gasteiger partial charge in [0.2, 0.25) is 0 Å². The topological polar surface area (TPSA) is 139 Å². The highest BCUT2D eigenvalue weighted by Crippen LogP contribution is 2.42. The van der Waals surface area contributed by atoms with Gasteiger partial charge < -0.3 is 14.4 Å². The third-order valence-electron chi connectivity index (χ3n) is 8.49. The second-order valence-corrected chi connectivity index (χ2v) is 15.2. The molecule has 0 saturated carbocycles. The first-order valence-electron chi connectivity index (χ1n) is 16.2. The van der Waals surface area contributed by atoms with Gasteiger partial charge in [-0.05, 0) is 63.5 Å². The third-order valence-corrected chi connectivity index (χ3v) is 9.75. The van der Waals surface area contributed by atoms with E-state index in [4.69, 9.17) is 31.2 Å². The average Bonchev–Trinajstić information content (AvgIpc) is 3.47. The number of likely N-dealkylation sites (tertiary alicyclic amines) is 1. The van der Waals surface area contributed by atoms with Gasteiger partial charge in [0.05, 0.1) is 40.8 Å². The quantitative estimate of drug-likeness (QED) is 0.211. The molecule has 2 amide bonds. The number of ether oxygens (including phenoxy) is 2. The second-order valence-electron chi connectivity index (χ2n) is 13.7. The number of halogens is 1. The number of carbonyl (C=O) groups is 2. The molecule has 2 atom stereocenters. The fraction of sp³-hybridized carbons (Fsp3) is 0.457. The van der Waals surface area contributed by atoms with Crippen molar-refractivity contribution in [2.24, 2.45) is 5.92 Å².